The van der Waals surface area contributed by atoms with E-state index in [0.29, 0.717) is 0 Å². The Kier molecular flexibility index (Phi) is 145. The third-order valence-electron chi connectivity index (χ3n) is 0. The van der Waals surface area contributed by atoms with E-state index in [1.165, 1.54) is 0 Å². The molecule has 0 aromatic heterocycles. The van der Waals surface area contributed by atoms with Gasteiger partial charge in [-0.05, 0) is 0 Å². The fraction of sp³-hybridized carbons (Fsp3) is 0. The summed E-state index contributed by atoms with van der Waals surface area (Å²) in [7, 11) is 0. The molecule has 0 aliphatic heterocycles. The first-order valence-electron chi connectivity index (χ1n) is 0. The van der Waals surface area contributed by atoms with E-state index in [-0.39, 0.29) is 82.6 Å². The molecule has 0 N–H and O–H groups in total. The van der Waals surface area contributed by atoms with Crippen LogP contribution in [0.2, 0.25) is 0 Å². The Morgan fingerprint density at radius 1 is 1.00 bits per heavy atom. The fourth-order valence-electron chi connectivity index (χ4n) is 0. The van der Waals surface area contributed by atoms with Gasteiger partial charge < -0.3 is 0 Å². The second kappa shape index (κ2) is 18.1. The van der Waals surface area contributed by atoms with Gasteiger partial charge in [-0.1, -0.05) is 0 Å². The van der Waals surface area contributed by atoms with Crippen molar-refractivity contribution in [3.63, 3.8) is 0 Å². The molecule has 0 heterocycles. The monoisotopic (exact) mass is 278 g/mol. The van der Waals surface area contributed by atoms with Crippen molar-refractivity contribution in [1.82, 2.24) is 0 Å². The third kappa shape index (κ3) is 8.83. The van der Waals surface area contributed by atoms with E-state index >= 15 is 0 Å². The molecule has 4 radical (unpaired) electrons. The van der Waals surface area contributed by atoms with E-state index in [1.54, 1.807) is 0 Å². The van der Waals surface area contributed by atoms with Crippen LogP contribution in [-0.4, -0.2) is 8.41 Å². The van der Waals surface area contributed by atoms with Crippen LogP contribution in [0.1, 0.15) is 0 Å². The second-order valence-corrected chi connectivity index (χ2v) is 0. The van der Waals surface area contributed by atoms with Crippen molar-refractivity contribution in [1.29, 1.82) is 0 Å². The van der Waals surface area contributed by atoms with Crippen molar-refractivity contribution >= 4 is 8.41 Å². The number of hydrogen-bond acceptors (Lipinski definition) is 0. The van der Waals surface area contributed by atoms with E-state index in [0.717, 1.165) is 0 Å². The van der Waals surface area contributed by atoms with E-state index in [2.05, 4.69) is 0 Å². The van der Waals surface area contributed by atoms with E-state index in [9.17, 15) is 0 Å². The van der Waals surface area contributed by atoms with Crippen LogP contribution in [0.15, 0.2) is 0 Å². The van der Waals surface area contributed by atoms with Gasteiger partial charge in [-0.2, -0.15) is 0 Å². The predicted octanol–water partition coefficient (Wildman–Crippen LogP) is -0.386. The van der Waals surface area contributed by atoms with Gasteiger partial charge in [0, 0.05) is 82.6 Å². The largest absolute Gasteiger partial charge is 0 e. The van der Waals surface area contributed by atoms with Gasteiger partial charge in [0.2, 0.25) is 0 Å². The second-order valence-electron chi connectivity index (χ2n) is 0. The summed E-state index contributed by atoms with van der Waals surface area (Å²) in [4.78, 5) is 0. The summed E-state index contributed by atoms with van der Waals surface area (Å²) >= 11 is 0. The molecule has 4 heavy (non-hydrogen) atoms. The fourth-order valence-corrected chi connectivity index (χ4v) is 0. The zero-order chi connectivity index (χ0) is 0. The van der Waals surface area contributed by atoms with Crippen molar-refractivity contribution in [2.24, 2.45) is 0 Å². The summed E-state index contributed by atoms with van der Waals surface area (Å²) in [5, 5.41) is 0. The van der Waals surface area contributed by atoms with E-state index < -0.39 is 0 Å². The first-order valence-corrected chi connectivity index (χ1v) is 0. The smallest absolute Gasteiger partial charge is 0 e. The minimum atomic E-state index is 0. The molecule has 0 aromatic carbocycles. The Labute approximate surface area is 81.2 Å². The molecular weight excluding hydrogens is 276 g/mol. The summed E-state index contributed by atoms with van der Waals surface area (Å²) < 4.78 is 0. The standard InChI is InChI=1S/B.Co.Fe.Sm. The van der Waals surface area contributed by atoms with Crippen LogP contribution in [0.5, 0.6) is 0 Å². The molecule has 0 bridgehead atoms. The maximum absolute atomic E-state index is 0. The molecule has 0 saturated carbocycles. The van der Waals surface area contributed by atoms with E-state index in [4.69, 9.17) is 0 Å². The first-order chi connectivity index (χ1) is 0. The number of rotatable bonds is 0. The van der Waals surface area contributed by atoms with Crippen molar-refractivity contribution in [2.45, 2.75) is 0 Å². The van der Waals surface area contributed by atoms with Gasteiger partial charge in [0.05, 0.1) is 0 Å². The average molecular weight is 276 g/mol. The Bertz CT molecular complexity index is 8.00. The van der Waals surface area contributed by atoms with Crippen molar-refractivity contribution < 1.29 is 74.2 Å². The summed E-state index contributed by atoms with van der Waals surface area (Å²) in [6.45, 7) is 0. The average Bonchev–Trinajstić information content (AvgIpc) is 0. The molecule has 0 aromatic rings. The third-order valence-corrected chi connectivity index (χ3v) is 0. The zero-order valence-corrected chi connectivity index (χ0v) is 6.44. The van der Waals surface area contributed by atoms with Crippen molar-refractivity contribution in [3.8, 4) is 0 Å². The maximum Gasteiger partial charge on any atom is 0 e. The van der Waals surface area contributed by atoms with Crippen molar-refractivity contribution in [2.75, 3.05) is 0 Å². The maximum atomic E-state index is 0. The van der Waals surface area contributed by atoms with Gasteiger partial charge >= 0.3 is 0 Å². The van der Waals surface area contributed by atoms with Crippen LogP contribution in [0.4, 0.5) is 0 Å². The topological polar surface area (TPSA) is 0 Å². The summed E-state index contributed by atoms with van der Waals surface area (Å²) in [5.41, 5.74) is 0. The molecule has 0 unspecified atom stereocenters. The molecule has 4 heteroatoms. The molecule has 0 atom stereocenters. The number of hydrogen-bond donors (Lipinski definition) is 0. The van der Waals surface area contributed by atoms with Crippen LogP contribution in [0.25, 0.3) is 0 Å². The first kappa shape index (κ1) is 32.1. The van der Waals surface area contributed by atoms with Gasteiger partial charge in [-0.25, -0.2) is 0 Å². The van der Waals surface area contributed by atoms with Crippen LogP contribution in [-0.2, 0) is 33.8 Å². The molecule has 26 valence electrons. The van der Waals surface area contributed by atoms with Gasteiger partial charge in [0.15, 0.2) is 0 Å². The molecule has 0 aliphatic rings. The molecule has 0 aliphatic carbocycles. The Morgan fingerprint density at radius 2 is 1.00 bits per heavy atom. The Hall–Kier alpha value is 2.43. The minimum Gasteiger partial charge on any atom is 0 e. The van der Waals surface area contributed by atoms with Crippen LogP contribution >= 0.6 is 0 Å². The summed E-state index contributed by atoms with van der Waals surface area (Å²) in [6, 6.07) is 0. The van der Waals surface area contributed by atoms with Gasteiger partial charge in [0.1, 0.15) is 0 Å². The molecule has 0 nitrogen and oxygen atoms in total. The molecule has 0 saturated heterocycles. The molecular formula is BCoFeSm. The van der Waals surface area contributed by atoms with Gasteiger partial charge in [0.25, 0.3) is 0 Å². The Balaban J connectivity index is 0. The summed E-state index contributed by atoms with van der Waals surface area (Å²) in [6.07, 6.45) is 0. The predicted molar refractivity (Wildman–Crippen MR) is 5.75 cm³/mol. The van der Waals surface area contributed by atoms with Crippen LogP contribution < -0.4 is 0 Å². The summed E-state index contributed by atoms with van der Waals surface area (Å²) in [5.74, 6) is 0. The normalized spacial score (nSPS) is 0. The minimum absolute atomic E-state index is 0. The van der Waals surface area contributed by atoms with Crippen LogP contribution in [0, 0.1) is 40.4 Å². The van der Waals surface area contributed by atoms with Gasteiger partial charge in [-0.15, -0.1) is 0 Å². The molecule has 0 rings (SSSR count). The zero-order valence-electron chi connectivity index (χ0n) is 1.67. The quantitative estimate of drug-likeness (QED) is 0.529. The van der Waals surface area contributed by atoms with Crippen LogP contribution in [0.3, 0.4) is 0 Å². The molecule has 0 amide bonds. The SMILES string of the molecule is [B].[Co].[Fe].[Sm]. The van der Waals surface area contributed by atoms with E-state index in [1.807, 2.05) is 0 Å². The van der Waals surface area contributed by atoms with Gasteiger partial charge in [-0.3, -0.25) is 0 Å². The molecule has 0 spiro atoms. The van der Waals surface area contributed by atoms with Crippen molar-refractivity contribution in [3.05, 3.63) is 0 Å². The molecule has 0 fully saturated rings. The Morgan fingerprint density at radius 3 is 1.00 bits per heavy atom.